The van der Waals surface area contributed by atoms with Crippen LogP contribution in [0, 0.1) is 27.2 Å². The SMILES string of the molecule is CCn1c(-c2cnc(C)nc2)nc2c(NC3CCc4ncn(C5CC5)c4C3)ncnc21.Cl.NC1CCc2ncn(C3CC3)c2C1.O=[N+]([O-])c1ccc2nc[nH]c2c1.O=[N+]([O-])c1ccc2ncn(C3CC3)c2c1.OB(O)C1CC1. The van der Waals surface area contributed by atoms with E-state index in [9.17, 15) is 20.2 Å². The summed E-state index contributed by atoms with van der Waals surface area (Å²) in [7, 11) is -1.04. The summed E-state index contributed by atoms with van der Waals surface area (Å²) >= 11 is 0. The molecule has 0 radical (unpaired) electrons. The van der Waals surface area contributed by atoms with Gasteiger partial charge >= 0.3 is 7.12 Å². The third-order valence-electron chi connectivity index (χ3n) is 14.8. The standard InChI is InChI=1S/C22H25N9.C10H9N3O2.C10H15N3.C7H5N3O2.C3H7BO2.ClH/c1-3-30-21(14-9-23-13(2)24-10-14)29-19-20(25-11-26-22(19)30)28-15-4-7-17-18(8-15)31(12-27-17)16-5-6-16;14-13(15)8-3-4-9-10(5-8)12(6-11-9)7-1-2-7;11-7-1-4-9-10(5-7)13(6-12-9)8-2-3-8;11-10(12)5-1-2-6-7(3-5)9-4-8-6;5-4(6)3-1-2-3;/h9-12,15-16H,3-8H2,1-2H3,(H,25,26,28);3-7H,1-2H2;6-8H,1-5,11H2;1-4H,(H,8,9);3,5-6H,1-2H2;1H. The van der Waals surface area contributed by atoms with Gasteiger partial charge in [-0.05, 0) is 96.0 Å². The molecular formula is C52H62BClN18O6. The van der Waals surface area contributed by atoms with E-state index in [1.807, 2.05) is 36.5 Å². The molecule has 0 spiro atoms. The number of anilines is 1. The lowest BCUT2D eigenvalue weighted by Gasteiger charge is -2.24. The van der Waals surface area contributed by atoms with Crippen molar-refractivity contribution in [2.75, 3.05) is 5.32 Å². The first kappa shape index (κ1) is 53.7. The Morgan fingerprint density at radius 1 is 0.731 bits per heavy atom. The van der Waals surface area contributed by atoms with Gasteiger partial charge in [-0.2, -0.15) is 0 Å². The highest BCUT2D eigenvalue weighted by Crippen LogP contribution is 2.40. The summed E-state index contributed by atoms with van der Waals surface area (Å²) in [6.45, 7) is 4.73. The van der Waals surface area contributed by atoms with E-state index < -0.39 is 12.0 Å². The minimum absolute atomic E-state index is 0. The van der Waals surface area contributed by atoms with Gasteiger partial charge in [0.15, 0.2) is 17.0 Å². The predicted octanol–water partition coefficient (Wildman–Crippen LogP) is 7.94. The van der Waals surface area contributed by atoms with Gasteiger partial charge in [-0.25, -0.2) is 44.9 Å². The molecule has 0 amide bonds. The molecule has 2 atom stereocenters. The van der Waals surface area contributed by atoms with Gasteiger partial charge in [-0.1, -0.05) is 12.8 Å². The molecule has 6 N–H and O–H groups in total. The Morgan fingerprint density at radius 3 is 1.94 bits per heavy atom. The zero-order chi connectivity index (χ0) is 53.3. The number of imidazole rings is 5. The fourth-order valence-electron chi connectivity index (χ4n) is 9.96. The molecule has 0 aliphatic heterocycles. The number of nitrogens with zero attached hydrogens (tertiary/aromatic N) is 15. The van der Waals surface area contributed by atoms with Crippen LogP contribution in [-0.4, -0.2) is 107 Å². The first-order chi connectivity index (χ1) is 37.4. The van der Waals surface area contributed by atoms with Gasteiger partial charge in [-0.3, -0.25) is 20.2 Å². The number of H-pyrrole nitrogens is 1. The number of nitrogens with one attached hydrogen (secondary N) is 2. The monoisotopic (exact) mass is 1080 g/mol. The van der Waals surface area contributed by atoms with Crippen LogP contribution in [0.1, 0.15) is 118 Å². The van der Waals surface area contributed by atoms with Crippen LogP contribution < -0.4 is 11.1 Å². The molecule has 7 aromatic heterocycles. The molecule has 9 aromatic rings. The molecule has 4 fully saturated rings. The average Bonchev–Trinajstić information content (AvgIpc) is 4.42. The van der Waals surface area contributed by atoms with Crippen LogP contribution in [0.15, 0.2) is 80.4 Å². The smallest absolute Gasteiger partial charge is 0.427 e. The van der Waals surface area contributed by atoms with Crippen molar-refractivity contribution in [2.24, 2.45) is 5.73 Å². The fraction of sp³-hybridized carbons (Fsp3) is 0.442. The largest absolute Gasteiger partial charge is 0.454 e. The van der Waals surface area contributed by atoms with E-state index in [-0.39, 0.29) is 34.5 Å². The third-order valence-corrected chi connectivity index (χ3v) is 14.8. The van der Waals surface area contributed by atoms with E-state index in [2.05, 4.69) is 70.8 Å². The molecule has 78 heavy (non-hydrogen) atoms. The van der Waals surface area contributed by atoms with E-state index in [1.165, 1.54) is 73.0 Å². The summed E-state index contributed by atoms with van der Waals surface area (Å²) in [6, 6.07) is 11.9. The minimum Gasteiger partial charge on any atom is -0.427 e. The van der Waals surface area contributed by atoms with Crippen LogP contribution in [0.4, 0.5) is 17.2 Å². The van der Waals surface area contributed by atoms with Crippen LogP contribution in [0.5, 0.6) is 0 Å². The molecule has 24 nitrogen and oxygen atoms in total. The number of benzene rings is 2. The number of nitro groups is 2. The summed E-state index contributed by atoms with van der Waals surface area (Å²) in [4.78, 5) is 62.9. The van der Waals surface area contributed by atoms with Gasteiger partial charge in [0.2, 0.25) is 0 Å². The number of halogens is 1. The fourth-order valence-corrected chi connectivity index (χ4v) is 9.96. The van der Waals surface area contributed by atoms with Crippen LogP contribution in [-0.2, 0) is 32.2 Å². The van der Waals surface area contributed by atoms with E-state index in [0.29, 0.717) is 29.7 Å². The van der Waals surface area contributed by atoms with Crippen molar-refractivity contribution >= 4 is 69.9 Å². The molecule has 15 rings (SSSR count). The second kappa shape index (κ2) is 23.1. The Bertz CT molecular complexity index is 3560. The number of nitro benzene ring substituents is 2. The van der Waals surface area contributed by atoms with Gasteiger partial charge in [0.25, 0.3) is 11.4 Å². The topological polar surface area (TPSA) is 316 Å². The van der Waals surface area contributed by atoms with Crippen molar-refractivity contribution in [2.45, 2.75) is 146 Å². The number of hydrogen-bond donors (Lipinski definition) is 5. The van der Waals surface area contributed by atoms with Crippen LogP contribution in [0.2, 0.25) is 5.82 Å². The predicted molar refractivity (Wildman–Crippen MR) is 295 cm³/mol. The maximum atomic E-state index is 10.6. The molecule has 0 bridgehead atoms. The van der Waals surface area contributed by atoms with Gasteiger partial charge < -0.3 is 44.4 Å². The summed E-state index contributed by atoms with van der Waals surface area (Å²) < 4.78 is 8.87. The molecule has 2 unspecified atom stereocenters. The Kier molecular flexibility index (Phi) is 15.9. The van der Waals surface area contributed by atoms with Gasteiger partial charge in [-0.15, -0.1) is 12.4 Å². The van der Waals surface area contributed by atoms with Crippen molar-refractivity contribution in [1.29, 1.82) is 0 Å². The summed E-state index contributed by atoms with van der Waals surface area (Å²) in [6.07, 6.45) is 28.3. The lowest BCUT2D eigenvalue weighted by molar-refractivity contribution is -0.384. The van der Waals surface area contributed by atoms with Gasteiger partial charge in [0.1, 0.15) is 18.0 Å². The van der Waals surface area contributed by atoms with Crippen molar-refractivity contribution in [1.82, 2.24) is 68.1 Å². The van der Waals surface area contributed by atoms with Crippen LogP contribution in [0.3, 0.4) is 0 Å². The molecule has 2 aromatic carbocycles. The highest BCUT2D eigenvalue weighted by atomic mass is 35.5. The second-order valence-electron chi connectivity index (χ2n) is 20.7. The number of hydrogen-bond acceptors (Lipinski definition) is 17. The number of non-ortho nitro benzene ring substituents is 2. The van der Waals surface area contributed by atoms with Crippen molar-refractivity contribution in [3.63, 3.8) is 0 Å². The lowest BCUT2D eigenvalue weighted by Crippen LogP contribution is -2.29. The molecule has 26 heteroatoms. The maximum absolute atomic E-state index is 10.6. The quantitative estimate of drug-likeness (QED) is 0.0493. The zero-order valence-corrected chi connectivity index (χ0v) is 44.2. The van der Waals surface area contributed by atoms with Crippen molar-refractivity contribution in [3.05, 3.63) is 129 Å². The maximum Gasteiger partial charge on any atom is 0.454 e. The molecule has 406 valence electrons. The van der Waals surface area contributed by atoms with E-state index in [0.717, 1.165) is 128 Å². The second-order valence-corrected chi connectivity index (χ2v) is 20.7. The van der Waals surface area contributed by atoms with Gasteiger partial charge in [0.05, 0.1) is 74.2 Å². The van der Waals surface area contributed by atoms with Crippen molar-refractivity contribution in [3.8, 4) is 11.4 Å². The molecule has 7 heterocycles. The van der Waals surface area contributed by atoms with E-state index in [4.69, 9.17) is 20.8 Å². The summed E-state index contributed by atoms with van der Waals surface area (Å²) in [5.74, 6) is 2.56. The lowest BCUT2D eigenvalue weighted by atomic mass is 9.84. The molecule has 0 saturated heterocycles. The number of aromatic amines is 1. The first-order valence-corrected chi connectivity index (χ1v) is 26.5. The van der Waals surface area contributed by atoms with Crippen molar-refractivity contribution < 1.29 is 19.9 Å². The van der Waals surface area contributed by atoms with Crippen LogP contribution >= 0.6 is 12.4 Å². The number of rotatable bonds is 10. The first-order valence-electron chi connectivity index (χ1n) is 26.5. The minimum atomic E-state index is -1.04. The van der Waals surface area contributed by atoms with Gasteiger partial charge in [0, 0.05) is 97.6 Å². The average molecular weight is 1080 g/mol. The number of aryl methyl sites for hydroxylation is 4. The van der Waals surface area contributed by atoms with Crippen LogP contribution in [0.25, 0.3) is 44.6 Å². The number of fused-ring (bicyclic) bond motifs is 5. The number of nitrogens with two attached hydrogens (primary N) is 1. The Labute approximate surface area is 454 Å². The molecular weight excluding hydrogens is 1020 g/mol. The highest BCUT2D eigenvalue weighted by Gasteiger charge is 2.34. The highest BCUT2D eigenvalue weighted by molar-refractivity contribution is 6.44. The summed E-state index contributed by atoms with van der Waals surface area (Å²) in [5.41, 5.74) is 17.1. The van der Waals surface area contributed by atoms with E-state index >= 15 is 0 Å². The Hall–Kier alpha value is -7.74. The van der Waals surface area contributed by atoms with E-state index in [1.54, 1.807) is 30.9 Å². The molecule has 6 aliphatic rings. The third kappa shape index (κ3) is 12.2. The normalized spacial score (nSPS) is 18.1. The molecule has 4 saturated carbocycles. The molecule has 6 aliphatic carbocycles. The number of aromatic nitrogens is 14. The Morgan fingerprint density at radius 2 is 1.33 bits per heavy atom. The summed E-state index contributed by atoms with van der Waals surface area (Å²) in [5, 5.41) is 41.1. The Balaban J connectivity index is 0.000000122. The zero-order valence-electron chi connectivity index (χ0n) is 43.4.